The summed E-state index contributed by atoms with van der Waals surface area (Å²) in [6, 6.07) is 15.8. The number of para-hydroxylation sites is 2. The first-order chi connectivity index (χ1) is 13.9. The monoisotopic (exact) mass is 390 g/mol. The third-order valence-electron chi connectivity index (χ3n) is 4.65. The highest BCUT2D eigenvalue weighted by Crippen LogP contribution is 2.34. The third kappa shape index (κ3) is 3.62. The van der Waals surface area contributed by atoms with Crippen LogP contribution >= 0.6 is 0 Å². The number of aryl methyl sites for hydroxylation is 1. The van der Waals surface area contributed by atoms with Crippen LogP contribution in [0.1, 0.15) is 29.4 Å². The Morgan fingerprint density at radius 1 is 1.14 bits per heavy atom. The van der Waals surface area contributed by atoms with Gasteiger partial charge in [-0.1, -0.05) is 24.3 Å². The Kier molecular flexibility index (Phi) is 4.64. The summed E-state index contributed by atoms with van der Waals surface area (Å²) in [5.74, 6) is -0.984. The van der Waals surface area contributed by atoms with Gasteiger partial charge < -0.3 is 19.7 Å². The normalized spacial score (nSPS) is 12.2. The average Bonchev–Trinajstić information content (AvgIpc) is 3.13. The Bertz CT molecular complexity index is 1220. The van der Waals surface area contributed by atoms with Crippen LogP contribution in [0.4, 0.5) is 0 Å². The van der Waals surface area contributed by atoms with Gasteiger partial charge in [0.2, 0.25) is 23.0 Å². The number of fused-ring (bicyclic) bond motifs is 1. The molecule has 2 aromatic heterocycles. The Balaban J connectivity index is 1.74. The number of carbonyl (C=O) groups excluding carboxylic acids is 1. The van der Waals surface area contributed by atoms with Crippen molar-refractivity contribution in [1.29, 1.82) is 0 Å². The molecule has 2 heterocycles. The summed E-state index contributed by atoms with van der Waals surface area (Å²) in [5, 5.41) is 10.2. The number of oxazole rings is 1. The minimum Gasteiger partial charge on any atom is -0.502 e. The predicted molar refractivity (Wildman–Crippen MR) is 106 cm³/mol. The molecule has 1 amide bonds. The number of nitrogens with zero attached hydrogens (tertiary/aromatic N) is 1. The fourth-order valence-corrected chi connectivity index (χ4v) is 3.28. The van der Waals surface area contributed by atoms with Crippen molar-refractivity contribution >= 4 is 17.0 Å². The van der Waals surface area contributed by atoms with Crippen LogP contribution in [0.15, 0.2) is 68.2 Å². The molecule has 2 aromatic carbocycles. The second-order valence-electron chi connectivity index (χ2n) is 6.77. The lowest BCUT2D eigenvalue weighted by Crippen LogP contribution is -2.17. The van der Waals surface area contributed by atoms with Gasteiger partial charge in [-0.2, -0.15) is 0 Å². The first kappa shape index (κ1) is 18.5. The molecule has 1 unspecified atom stereocenters. The van der Waals surface area contributed by atoms with E-state index in [0.29, 0.717) is 22.8 Å². The zero-order valence-electron chi connectivity index (χ0n) is 15.6. The Morgan fingerprint density at radius 3 is 2.55 bits per heavy atom. The molecule has 3 N–H and O–H groups in total. The maximum Gasteiger partial charge on any atom is 0.227 e. The number of aromatic nitrogens is 1. The lowest BCUT2D eigenvalue weighted by molar-refractivity contribution is -0.118. The molecule has 0 aliphatic heterocycles. The van der Waals surface area contributed by atoms with Gasteiger partial charge in [-0.05, 0) is 36.8 Å². The van der Waals surface area contributed by atoms with Crippen molar-refractivity contribution in [1.82, 2.24) is 4.98 Å². The first-order valence-corrected chi connectivity index (χ1v) is 9.00. The molecule has 4 aromatic rings. The molecule has 146 valence electrons. The number of rotatable bonds is 5. The maximum atomic E-state index is 12.0. The fraction of sp³-hybridized carbons (Fsp3) is 0.136. The number of amides is 1. The van der Waals surface area contributed by atoms with Crippen molar-refractivity contribution in [2.75, 3.05) is 0 Å². The molecule has 4 rings (SSSR count). The van der Waals surface area contributed by atoms with Gasteiger partial charge >= 0.3 is 0 Å². The summed E-state index contributed by atoms with van der Waals surface area (Å²) in [5.41, 5.74) is 7.67. The number of hydrogen-bond donors (Lipinski definition) is 2. The van der Waals surface area contributed by atoms with E-state index in [9.17, 15) is 14.7 Å². The molecule has 29 heavy (non-hydrogen) atoms. The van der Waals surface area contributed by atoms with Crippen molar-refractivity contribution in [2.24, 2.45) is 5.73 Å². The quantitative estimate of drug-likeness (QED) is 0.538. The largest absolute Gasteiger partial charge is 0.502 e. The minimum absolute atomic E-state index is 0.0170. The van der Waals surface area contributed by atoms with E-state index in [0.717, 1.165) is 11.1 Å². The van der Waals surface area contributed by atoms with Crippen LogP contribution in [-0.4, -0.2) is 16.0 Å². The van der Waals surface area contributed by atoms with Crippen molar-refractivity contribution in [3.05, 3.63) is 81.9 Å². The number of aromatic hydroxyl groups is 1. The van der Waals surface area contributed by atoms with Gasteiger partial charge in [0.05, 0.1) is 5.92 Å². The van der Waals surface area contributed by atoms with Crippen LogP contribution in [0.2, 0.25) is 0 Å². The number of nitrogens with two attached hydrogens (primary N) is 1. The van der Waals surface area contributed by atoms with Gasteiger partial charge in [-0.25, -0.2) is 4.98 Å². The number of carbonyl (C=O) groups is 1. The molecule has 0 saturated carbocycles. The van der Waals surface area contributed by atoms with Gasteiger partial charge in [0.25, 0.3) is 0 Å². The van der Waals surface area contributed by atoms with Crippen LogP contribution in [0.3, 0.4) is 0 Å². The first-order valence-electron chi connectivity index (χ1n) is 9.00. The Labute approximate surface area is 165 Å². The van der Waals surface area contributed by atoms with E-state index in [1.165, 1.54) is 6.07 Å². The lowest BCUT2D eigenvalue weighted by Gasteiger charge is -2.16. The van der Waals surface area contributed by atoms with E-state index in [1.54, 1.807) is 31.2 Å². The van der Waals surface area contributed by atoms with Crippen LogP contribution in [-0.2, 0) is 4.79 Å². The lowest BCUT2D eigenvalue weighted by atomic mass is 9.91. The van der Waals surface area contributed by atoms with E-state index < -0.39 is 23.0 Å². The molecular formula is C22H18N2O5. The molecule has 7 nitrogen and oxygen atoms in total. The molecule has 0 aliphatic carbocycles. The highest BCUT2D eigenvalue weighted by Gasteiger charge is 2.25. The summed E-state index contributed by atoms with van der Waals surface area (Å²) in [6.45, 7) is 1.60. The van der Waals surface area contributed by atoms with Crippen LogP contribution in [0.5, 0.6) is 5.75 Å². The standard InChI is InChI=1S/C22H18N2O5/c1-12-10-17(25)20(27)21(28-12)15(11-19(23)26)13-6-8-14(9-7-13)22-24-16-4-2-3-5-18(16)29-22/h2-10,15,27H,11H2,1H3,(H2,23,26). The van der Waals surface area contributed by atoms with Gasteiger partial charge in [0.1, 0.15) is 11.3 Å². The Morgan fingerprint density at radius 2 is 1.86 bits per heavy atom. The number of hydrogen-bond acceptors (Lipinski definition) is 6. The van der Waals surface area contributed by atoms with Gasteiger partial charge in [-0.3, -0.25) is 9.59 Å². The summed E-state index contributed by atoms with van der Waals surface area (Å²) in [6.07, 6.45) is -0.123. The van der Waals surface area contributed by atoms with Gasteiger partial charge in [-0.15, -0.1) is 0 Å². The van der Waals surface area contributed by atoms with Crippen molar-refractivity contribution in [3.63, 3.8) is 0 Å². The summed E-state index contributed by atoms with van der Waals surface area (Å²) < 4.78 is 11.3. The molecule has 0 bridgehead atoms. The van der Waals surface area contributed by atoms with E-state index >= 15 is 0 Å². The number of benzene rings is 2. The fourth-order valence-electron chi connectivity index (χ4n) is 3.28. The molecule has 0 spiro atoms. The average molecular weight is 390 g/mol. The zero-order valence-corrected chi connectivity index (χ0v) is 15.6. The summed E-state index contributed by atoms with van der Waals surface area (Å²) >= 11 is 0. The summed E-state index contributed by atoms with van der Waals surface area (Å²) in [7, 11) is 0. The van der Waals surface area contributed by atoms with E-state index in [4.69, 9.17) is 14.6 Å². The zero-order chi connectivity index (χ0) is 20.5. The van der Waals surface area contributed by atoms with E-state index in [1.807, 2.05) is 24.3 Å². The smallest absolute Gasteiger partial charge is 0.227 e. The van der Waals surface area contributed by atoms with Crippen molar-refractivity contribution < 1.29 is 18.7 Å². The SMILES string of the molecule is Cc1cc(=O)c(O)c(C(CC(N)=O)c2ccc(-c3nc4ccccc4o3)cc2)o1. The predicted octanol–water partition coefficient (Wildman–Crippen LogP) is 3.47. The van der Waals surface area contributed by atoms with E-state index in [-0.39, 0.29) is 12.2 Å². The van der Waals surface area contributed by atoms with Crippen LogP contribution in [0, 0.1) is 6.92 Å². The molecule has 0 aliphatic rings. The highest BCUT2D eigenvalue weighted by atomic mass is 16.4. The van der Waals surface area contributed by atoms with Crippen LogP contribution < -0.4 is 11.2 Å². The molecule has 7 heteroatoms. The number of primary amides is 1. The minimum atomic E-state index is -0.696. The topological polar surface area (TPSA) is 120 Å². The molecule has 0 fully saturated rings. The molecule has 0 saturated heterocycles. The highest BCUT2D eigenvalue weighted by molar-refractivity contribution is 5.77. The second kappa shape index (κ2) is 7.27. The Hall–Kier alpha value is -3.87. The maximum absolute atomic E-state index is 12.0. The third-order valence-corrected chi connectivity index (χ3v) is 4.65. The molecule has 0 radical (unpaired) electrons. The molecule has 1 atom stereocenters. The second-order valence-corrected chi connectivity index (χ2v) is 6.77. The van der Waals surface area contributed by atoms with Crippen LogP contribution in [0.25, 0.3) is 22.6 Å². The van der Waals surface area contributed by atoms with Crippen molar-refractivity contribution in [2.45, 2.75) is 19.3 Å². The van der Waals surface area contributed by atoms with Gasteiger partial charge in [0, 0.05) is 18.1 Å². The van der Waals surface area contributed by atoms with Gasteiger partial charge in [0.15, 0.2) is 11.3 Å². The van der Waals surface area contributed by atoms with Crippen molar-refractivity contribution in [3.8, 4) is 17.2 Å². The molecular weight excluding hydrogens is 372 g/mol. The summed E-state index contributed by atoms with van der Waals surface area (Å²) in [4.78, 5) is 28.0. The van der Waals surface area contributed by atoms with E-state index in [2.05, 4.69) is 4.98 Å².